The van der Waals surface area contributed by atoms with E-state index in [9.17, 15) is 4.79 Å². The van der Waals surface area contributed by atoms with Gasteiger partial charge in [0.15, 0.2) is 5.16 Å². The van der Waals surface area contributed by atoms with Gasteiger partial charge in [-0.1, -0.05) is 86.5 Å². The first kappa shape index (κ1) is 23.1. The van der Waals surface area contributed by atoms with Gasteiger partial charge in [-0.3, -0.25) is 9.36 Å². The minimum absolute atomic E-state index is 0.145. The van der Waals surface area contributed by atoms with Gasteiger partial charge >= 0.3 is 0 Å². The minimum atomic E-state index is 0.145. The van der Waals surface area contributed by atoms with Crippen molar-refractivity contribution in [1.29, 1.82) is 0 Å². The fourth-order valence-corrected chi connectivity index (χ4v) is 4.30. The molecule has 0 fully saturated rings. The predicted molar refractivity (Wildman–Crippen MR) is 128 cm³/mol. The summed E-state index contributed by atoms with van der Waals surface area (Å²) in [7, 11) is 0. The van der Waals surface area contributed by atoms with Gasteiger partial charge in [0.25, 0.3) is 0 Å². The summed E-state index contributed by atoms with van der Waals surface area (Å²) in [5, 5.41) is 12.8. The molecule has 2 aromatic carbocycles. The van der Waals surface area contributed by atoms with E-state index in [0.717, 1.165) is 48.2 Å². The highest BCUT2D eigenvalue weighted by Gasteiger charge is 2.15. The first-order chi connectivity index (χ1) is 15.3. The second-order valence-electron chi connectivity index (χ2n) is 7.59. The molecule has 0 aliphatic rings. The molecule has 1 amide bonds. The number of para-hydroxylation sites is 1. The van der Waals surface area contributed by atoms with Crippen LogP contribution in [0.1, 0.15) is 56.8 Å². The third-order valence-corrected chi connectivity index (χ3v) is 6.07. The Balaban J connectivity index is 1.55. The van der Waals surface area contributed by atoms with Crippen LogP contribution in [0.25, 0.3) is 5.69 Å². The molecule has 1 N–H and O–H groups in total. The summed E-state index contributed by atoms with van der Waals surface area (Å²) in [5.41, 5.74) is 2.27. The lowest BCUT2D eigenvalue weighted by molar-refractivity contribution is -0.121. The fourth-order valence-electron chi connectivity index (χ4n) is 3.39. The Bertz CT molecular complexity index is 912. The highest BCUT2D eigenvalue weighted by molar-refractivity contribution is 7.99. The zero-order valence-corrected chi connectivity index (χ0v) is 19.1. The van der Waals surface area contributed by atoms with E-state index in [1.807, 2.05) is 36.4 Å². The maximum Gasteiger partial charge on any atom is 0.220 e. The normalized spacial score (nSPS) is 10.9. The summed E-state index contributed by atoms with van der Waals surface area (Å²) in [6.07, 6.45) is 6.81. The Kier molecular flexibility index (Phi) is 9.64. The number of hydrogen-bond acceptors (Lipinski definition) is 4. The topological polar surface area (TPSA) is 59.8 Å². The predicted octanol–water partition coefficient (Wildman–Crippen LogP) is 5.43. The smallest absolute Gasteiger partial charge is 0.220 e. The van der Waals surface area contributed by atoms with Crippen LogP contribution in [0.15, 0.2) is 65.8 Å². The molecule has 0 saturated carbocycles. The van der Waals surface area contributed by atoms with E-state index in [0.29, 0.717) is 6.42 Å². The highest BCUT2D eigenvalue weighted by Crippen LogP contribution is 2.24. The van der Waals surface area contributed by atoms with Crippen molar-refractivity contribution in [2.45, 2.75) is 57.0 Å². The van der Waals surface area contributed by atoms with Crippen LogP contribution in [0.2, 0.25) is 0 Å². The third kappa shape index (κ3) is 7.55. The molecule has 0 spiro atoms. The van der Waals surface area contributed by atoms with Gasteiger partial charge in [-0.25, -0.2) is 0 Å². The van der Waals surface area contributed by atoms with Gasteiger partial charge in [0, 0.05) is 30.8 Å². The van der Waals surface area contributed by atoms with E-state index in [1.54, 1.807) is 11.8 Å². The number of carbonyl (C=O) groups is 1. The molecule has 0 radical (unpaired) electrons. The van der Waals surface area contributed by atoms with Crippen LogP contribution in [0.3, 0.4) is 0 Å². The van der Waals surface area contributed by atoms with Crippen LogP contribution < -0.4 is 5.32 Å². The molecule has 1 heterocycles. The molecule has 5 nitrogen and oxygen atoms in total. The van der Waals surface area contributed by atoms with E-state index in [4.69, 9.17) is 0 Å². The molecule has 0 saturated heterocycles. The summed E-state index contributed by atoms with van der Waals surface area (Å²) in [6.45, 7) is 2.98. The molecule has 3 rings (SSSR count). The van der Waals surface area contributed by atoms with Gasteiger partial charge in [-0.15, -0.1) is 10.2 Å². The third-order valence-electron chi connectivity index (χ3n) is 5.05. The number of hydrogen-bond donors (Lipinski definition) is 1. The number of unbranched alkanes of at least 4 members (excludes halogenated alkanes) is 3. The highest BCUT2D eigenvalue weighted by atomic mass is 32.2. The number of carbonyl (C=O) groups excluding carboxylic acids is 1. The van der Waals surface area contributed by atoms with E-state index >= 15 is 0 Å². The second kappa shape index (κ2) is 13.0. The molecule has 0 bridgehead atoms. The van der Waals surface area contributed by atoms with E-state index in [-0.39, 0.29) is 5.91 Å². The molecule has 31 heavy (non-hydrogen) atoms. The monoisotopic (exact) mass is 436 g/mol. The van der Waals surface area contributed by atoms with Crippen LogP contribution in [0.5, 0.6) is 0 Å². The minimum Gasteiger partial charge on any atom is -0.356 e. The lowest BCUT2D eigenvalue weighted by atomic mass is 10.1. The second-order valence-corrected chi connectivity index (χ2v) is 8.66. The fraction of sp³-hybridized carbons (Fsp3) is 0.400. The van der Waals surface area contributed by atoms with Crippen LogP contribution in [0.4, 0.5) is 0 Å². The van der Waals surface area contributed by atoms with Crippen molar-refractivity contribution in [1.82, 2.24) is 20.1 Å². The summed E-state index contributed by atoms with van der Waals surface area (Å²) in [4.78, 5) is 12.0. The zero-order valence-electron chi connectivity index (χ0n) is 18.3. The summed E-state index contributed by atoms with van der Waals surface area (Å²) in [5.74, 6) is 1.90. The Morgan fingerprint density at radius 3 is 2.42 bits per heavy atom. The molecule has 164 valence electrons. The van der Waals surface area contributed by atoms with Gasteiger partial charge in [0.1, 0.15) is 5.82 Å². The van der Waals surface area contributed by atoms with Crippen molar-refractivity contribution in [3.63, 3.8) is 0 Å². The number of thioether (sulfide) groups is 1. The van der Waals surface area contributed by atoms with Crippen LogP contribution >= 0.6 is 11.8 Å². The Labute approximate surface area is 189 Å². The SMILES string of the molecule is CCCCCCNC(=O)CCCSc1nnc(Cc2ccccc2)n1-c1ccccc1. The number of benzene rings is 2. The first-order valence-corrected chi connectivity index (χ1v) is 12.2. The molecule has 3 aromatic rings. The quantitative estimate of drug-likeness (QED) is 0.287. The number of nitrogens with one attached hydrogen (secondary N) is 1. The Morgan fingerprint density at radius 2 is 1.68 bits per heavy atom. The van der Waals surface area contributed by atoms with Crippen molar-refractivity contribution in [2.24, 2.45) is 0 Å². The maximum atomic E-state index is 12.0. The lowest BCUT2D eigenvalue weighted by Crippen LogP contribution is -2.24. The van der Waals surface area contributed by atoms with E-state index in [1.165, 1.54) is 24.8 Å². The van der Waals surface area contributed by atoms with Gasteiger partial charge in [0.05, 0.1) is 0 Å². The van der Waals surface area contributed by atoms with Gasteiger partial charge in [-0.05, 0) is 30.5 Å². The zero-order chi connectivity index (χ0) is 21.7. The van der Waals surface area contributed by atoms with Crippen molar-refractivity contribution in [3.05, 3.63) is 72.1 Å². The number of amides is 1. The standard InChI is InChI=1S/C25H32N4OS/c1-2-3-4-11-18-26-24(30)17-12-19-31-25-28-27-23(20-21-13-7-5-8-14-21)29(25)22-15-9-6-10-16-22/h5-10,13-16H,2-4,11-12,17-20H2,1H3,(H,26,30). The van der Waals surface area contributed by atoms with Crippen LogP contribution in [0, 0.1) is 0 Å². The lowest BCUT2D eigenvalue weighted by Gasteiger charge is -2.10. The molecule has 0 aliphatic carbocycles. The Hall–Kier alpha value is -2.60. The van der Waals surface area contributed by atoms with Gasteiger partial charge < -0.3 is 5.32 Å². The molecule has 0 aliphatic heterocycles. The Morgan fingerprint density at radius 1 is 0.935 bits per heavy atom. The van der Waals surface area contributed by atoms with Crippen LogP contribution in [-0.4, -0.2) is 33.0 Å². The number of aromatic nitrogens is 3. The molecule has 6 heteroatoms. The first-order valence-electron chi connectivity index (χ1n) is 11.2. The average molecular weight is 437 g/mol. The number of nitrogens with zero attached hydrogens (tertiary/aromatic N) is 3. The summed E-state index contributed by atoms with van der Waals surface area (Å²) in [6, 6.07) is 20.6. The number of rotatable bonds is 13. The summed E-state index contributed by atoms with van der Waals surface area (Å²) >= 11 is 1.66. The molecular formula is C25H32N4OS. The molecular weight excluding hydrogens is 404 g/mol. The summed E-state index contributed by atoms with van der Waals surface area (Å²) < 4.78 is 2.13. The van der Waals surface area contributed by atoms with Crippen molar-refractivity contribution in [3.8, 4) is 5.69 Å². The molecule has 0 unspecified atom stereocenters. The van der Waals surface area contributed by atoms with E-state index < -0.39 is 0 Å². The van der Waals surface area contributed by atoms with Gasteiger partial charge in [-0.2, -0.15) is 0 Å². The largest absolute Gasteiger partial charge is 0.356 e. The molecule has 0 atom stereocenters. The average Bonchev–Trinajstić information content (AvgIpc) is 3.20. The van der Waals surface area contributed by atoms with Crippen LogP contribution in [-0.2, 0) is 11.2 Å². The van der Waals surface area contributed by atoms with E-state index in [2.05, 4.69) is 51.3 Å². The van der Waals surface area contributed by atoms with Gasteiger partial charge in [0.2, 0.25) is 5.91 Å². The maximum absolute atomic E-state index is 12.0. The van der Waals surface area contributed by atoms with Crippen molar-refractivity contribution >= 4 is 17.7 Å². The van der Waals surface area contributed by atoms with Crippen molar-refractivity contribution < 1.29 is 4.79 Å². The molecule has 1 aromatic heterocycles. The van der Waals surface area contributed by atoms with Crippen molar-refractivity contribution in [2.75, 3.05) is 12.3 Å².